The van der Waals surface area contributed by atoms with Crippen LogP contribution < -0.4 is 9.64 Å². The molecule has 0 spiro atoms. The third-order valence-electron chi connectivity index (χ3n) is 5.12. The van der Waals surface area contributed by atoms with Crippen LogP contribution in [-0.4, -0.2) is 26.2 Å². The Bertz CT molecular complexity index is 473. The maximum atomic E-state index is 6.07. The molecule has 22 heavy (non-hydrogen) atoms. The normalized spacial score (nSPS) is 25.2. The Balaban J connectivity index is 1.71. The molecule has 1 heterocycles. The minimum Gasteiger partial charge on any atom is -0.493 e. The van der Waals surface area contributed by atoms with E-state index in [4.69, 9.17) is 4.74 Å². The summed E-state index contributed by atoms with van der Waals surface area (Å²) in [5.41, 5.74) is 3.87. The van der Waals surface area contributed by atoms with E-state index in [1.807, 2.05) is 0 Å². The molecule has 1 aromatic rings. The largest absolute Gasteiger partial charge is 0.493 e. The summed E-state index contributed by atoms with van der Waals surface area (Å²) in [6, 6.07) is 4.35. The molecule has 2 nitrogen and oxygen atoms in total. The van der Waals surface area contributed by atoms with Gasteiger partial charge in [-0.3, -0.25) is 0 Å². The van der Waals surface area contributed by atoms with Crippen molar-refractivity contribution in [3.8, 4) is 5.75 Å². The van der Waals surface area contributed by atoms with Gasteiger partial charge in [0.25, 0.3) is 0 Å². The van der Waals surface area contributed by atoms with E-state index in [0.29, 0.717) is 0 Å². The second kappa shape index (κ2) is 8.01. The lowest BCUT2D eigenvalue weighted by atomic mass is 9.92. The molecule has 124 valence electrons. The van der Waals surface area contributed by atoms with Crippen molar-refractivity contribution < 1.29 is 9.64 Å². The minimum absolute atomic E-state index is 0.851. The van der Waals surface area contributed by atoms with Gasteiger partial charge in [-0.25, -0.2) is 0 Å². The van der Waals surface area contributed by atoms with Crippen molar-refractivity contribution in [1.82, 2.24) is 0 Å². The zero-order valence-corrected chi connectivity index (χ0v) is 15.2. The van der Waals surface area contributed by atoms with E-state index < -0.39 is 0 Å². The molecule has 0 bridgehead atoms. The third-order valence-corrected chi connectivity index (χ3v) is 5.12. The standard InChI is InChI=1S/C20H33NO/c1-15-12-16(2)14-21(13-15)10-6-7-11-22-20-18(4)9-8-17(3)19(20)5/h8-9,15-16H,6-7,10-14H2,1-5H3/p+1/t15-,16+. The van der Waals surface area contributed by atoms with Crippen LogP contribution in [0.4, 0.5) is 0 Å². The van der Waals surface area contributed by atoms with Crippen LogP contribution in [0.25, 0.3) is 0 Å². The van der Waals surface area contributed by atoms with Crippen molar-refractivity contribution in [3.63, 3.8) is 0 Å². The predicted octanol–water partition coefficient (Wildman–Crippen LogP) is 3.33. The Morgan fingerprint density at radius 2 is 1.64 bits per heavy atom. The second-order valence-electron chi connectivity index (χ2n) is 7.56. The maximum Gasteiger partial charge on any atom is 0.125 e. The highest BCUT2D eigenvalue weighted by molar-refractivity contribution is 5.44. The molecule has 2 heteroatoms. The summed E-state index contributed by atoms with van der Waals surface area (Å²) in [5.74, 6) is 2.90. The van der Waals surface area contributed by atoms with Crippen LogP contribution in [-0.2, 0) is 0 Å². The SMILES string of the molecule is Cc1ccc(C)c(OCCCC[NH+]2C[C@H](C)C[C@H](C)C2)c1C. The number of hydrogen-bond donors (Lipinski definition) is 1. The number of benzene rings is 1. The second-order valence-corrected chi connectivity index (χ2v) is 7.56. The molecule has 1 unspecified atom stereocenters. The van der Waals surface area contributed by atoms with Crippen molar-refractivity contribution in [2.24, 2.45) is 11.8 Å². The van der Waals surface area contributed by atoms with Crippen molar-refractivity contribution in [1.29, 1.82) is 0 Å². The molecule has 2 rings (SSSR count). The lowest BCUT2D eigenvalue weighted by Gasteiger charge is -2.32. The zero-order chi connectivity index (χ0) is 16.1. The van der Waals surface area contributed by atoms with E-state index in [-0.39, 0.29) is 0 Å². The van der Waals surface area contributed by atoms with Crippen LogP contribution in [0.2, 0.25) is 0 Å². The summed E-state index contributed by atoms with van der Waals surface area (Å²) in [6.45, 7) is 16.2. The first kappa shape index (κ1) is 17.3. The first-order valence-corrected chi connectivity index (χ1v) is 9.00. The van der Waals surface area contributed by atoms with Crippen molar-refractivity contribution >= 4 is 0 Å². The summed E-state index contributed by atoms with van der Waals surface area (Å²) in [6.07, 6.45) is 3.86. The molecule has 1 saturated heterocycles. The molecule has 1 fully saturated rings. The number of nitrogens with one attached hydrogen (secondary N) is 1. The Hall–Kier alpha value is -1.02. The summed E-state index contributed by atoms with van der Waals surface area (Å²) in [4.78, 5) is 1.80. The van der Waals surface area contributed by atoms with Gasteiger partial charge in [0, 0.05) is 11.8 Å². The zero-order valence-electron chi connectivity index (χ0n) is 15.2. The Morgan fingerprint density at radius 3 is 2.32 bits per heavy atom. The van der Waals surface area contributed by atoms with Gasteiger partial charge < -0.3 is 9.64 Å². The van der Waals surface area contributed by atoms with Crippen LogP contribution in [0.15, 0.2) is 12.1 Å². The fourth-order valence-corrected chi connectivity index (χ4v) is 3.93. The quantitative estimate of drug-likeness (QED) is 0.796. The molecule has 0 radical (unpaired) electrons. The monoisotopic (exact) mass is 304 g/mol. The van der Waals surface area contributed by atoms with Crippen LogP contribution in [0, 0.1) is 32.6 Å². The smallest absolute Gasteiger partial charge is 0.125 e. The average molecular weight is 304 g/mol. The average Bonchev–Trinajstić information content (AvgIpc) is 2.45. The Labute approximate surface area is 136 Å². The number of likely N-dealkylation sites (tertiary alicyclic amines) is 1. The molecule has 0 aromatic heterocycles. The summed E-state index contributed by atoms with van der Waals surface area (Å²) in [7, 11) is 0. The number of hydrogen-bond acceptors (Lipinski definition) is 1. The van der Waals surface area contributed by atoms with Crippen molar-refractivity contribution in [3.05, 3.63) is 28.8 Å². The van der Waals surface area contributed by atoms with Crippen LogP contribution >= 0.6 is 0 Å². The van der Waals surface area contributed by atoms with Gasteiger partial charge >= 0.3 is 0 Å². The highest BCUT2D eigenvalue weighted by atomic mass is 16.5. The van der Waals surface area contributed by atoms with E-state index in [1.54, 1.807) is 4.90 Å². The summed E-state index contributed by atoms with van der Waals surface area (Å²) >= 11 is 0. The van der Waals surface area contributed by atoms with Crippen LogP contribution in [0.3, 0.4) is 0 Å². The molecule has 0 amide bonds. The van der Waals surface area contributed by atoms with Crippen molar-refractivity contribution in [2.45, 2.75) is 53.9 Å². The maximum absolute atomic E-state index is 6.07. The van der Waals surface area contributed by atoms with Crippen LogP contribution in [0.5, 0.6) is 5.75 Å². The van der Waals surface area contributed by atoms with Gasteiger partial charge in [0.05, 0.1) is 26.2 Å². The first-order chi connectivity index (χ1) is 10.5. The summed E-state index contributed by atoms with van der Waals surface area (Å²) in [5, 5.41) is 0. The fraction of sp³-hybridized carbons (Fsp3) is 0.700. The van der Waals surface area contributed by atoms with Gasteiger partial charge in [0.1, 0.15) is 5.75 Å². The molecule has 0 aliphatic carbocycles. The molecular formula is C20H34NO+. The van der Waals surface area contributed by atoms with Gasteiger partial charge in [0.15, 0.2) is 0 Å². The molecular weight excluding hydrogens is 270 g/mol. The number of quaternary nitrogens is 1. The molecule has 1 aliphatic heterocycles. The lowest BCUT2D eigenvalue weighted by molar-refractivity contribution is -0.912. The minimum atomic E-state index is 0.851. The number of rotatable bonds is 6. The molecule has 3 atom stereocenters. The van der Waals surface area contributed by atoms with Gasteiger partial charge in [-0.1, -0.05) is 26.0 Å². The van der Waals surface area contributed by atoms with E-state index in [0.717, 1.165) is 24.2 Å². The van der Waals surface area contributed by atoms with Gasteiger partial charge in [0.2, 0.25) is 0 Å². The fourth-order valence-electron chi connectivity index (χ4n) is 3.93. The Kier molecular flexibility index (Phi) is 6.31. The molecule has 1 N–H and O–H groups in total. The number of piperidine rings is 1. The van der Waals surface area contributed by atoms with Crippen LogP contribution in [0.1, 0.15) is 49.8 Å². The number of ether oxygens (including phenoxy) is 1. The van der Waals surface area contributed by atoms with Gasteiger partial charge in [-0.15, -0.1) is 0 Å². The van der Waals surface area contributed by atoms with E-state index in [9.17, 15) is 0 Å². The predicted molar refractivity (Wildman–Crippen MR) is 93.9 cm³/mol. The Morgan fingerprint density at radius 1 is 1.00 bits per heavy atom. The molecule has 1 aromatic carbocycles. The topological polar surface area (TPSA) is 13.7 Å². The van der Waals surface area contributed by atoms with E-state index in [1.165, 1.54) is 55.6 Å². The van der Waals surface area contributed by atoms with Crippen molar-refractivity contribution in [2.75, 3.05) is 26.2 Å². The third kappa shape index (κ3) is 4.74. The highest BCUT2D eigenvalue weighted by Gasteiger charge is 2.24. The highest BCUT2D eigenvalue weighted by Crippen LogP contribution is 2.25. The summed E-state index contributed by atoms with van der Waals surface area (Å²) < 4.78 is 6.07. The van der Waals surface area contributed by atoms with Gasteiger partial charge in [-0.05, 0) is 56.7 Å². The van der Waals surface area contributed by atoms with E-state index in [2.05, 4.69) is 46.8 Å². The molecule has 0 saturated carbocycles. The first-order valence-electron chi connectivity index (χ1n) is 9.00. The lowest BCUT2D eigenvalue weighted by Crippen LogP contribution is -3.14. The number of unbranched alkanes of at least 4 members (excludes halogenated alkanes) is 1. The van der Waals surface area contributed by atoms with Gasteiger partial charge in [-0.2, -0.15) is 0 Å². The van der Waals surface area contributed by atoms with E-state index >= 15 is 0 Å². The number of aryl methyl sites for hydroxylation is 2. The molecule has 1 aliphatic rings.